The fraction of sp³-hybridized carbons (Fsp3) is 0.158. The van der Waals surface area contributed by atoms with Gasteiger partial charge in [0, 0.05) is 62.1 Å². The van der Waals surface area contributed by atoms with Crippen molar-refractivity contribution >= 4 is 61.9 Å². The second-order valence-corrected chi connectivity index (χ2v) is 11.6. The van der Waals surface area contributed by atoms with Crippen molar-refractivity contribution in [1.82, 2.24) is 0 Å². The van der Waals surface area contributed by atoms with Gasteiger partial charge < -0.3 is 24.2 Å². The Morgan fingerprint density at radius 1 is 0.489 bits per heavy atom. The number of nitrogens with zero attached hydrogens (tertiary/aromatic N) is 3. The molecule has 0 unspecified atom stereocenters. The lowest BCUT2D eigenvalue weighted by Crippen LogP contribution is -2.16. The van der Waals surface area contributed by atoms with Gasteiger partial charge in [-0.2, -0.15) is 0 Å². The Labute approximate surface area is 264 Å². The third-order valence-electron chi connectivity index (χ3n) is 7.40. The maximum atomic E-state index is 12.1. The van der Waals surface area contributed by atoms with Crippen LogP contribution in [0.4, 0.5) is 28.4 Å². The highest BCUT2D eigenvalue weighted by molar-refractivity contribution is 5.95. The minimum atomic E-state index is -0.452. The predicted molar refractivity (Wildman–Crippen MR) is 186 cm³/mol. The molecule has 7 nitrogen and oxygen atoms in total. The van der Waals surface area contributed by atoms with Crippen molar-refractivity contribution in [3.05, 3.63) is 115 Å². The zero-order valence-corrected chi connectivity index (χ0v) is 26.5. The number of hydrogen-bond acceptors (Lipinski definition) is 7. The van der Waals surface area contributed by atoms with E-state index in [1.165, 1.54) is 0 Å². The summed E-state index contributed by atoms with van der Waals surface area (Å²) in [5.41, 5.74) is 5.73. The van der Waals surface area contributed by atoms with Gasteiger partial charge in [0.05, 0.1) is 5.69 Å². The van der Waals surface area contributed by atoms with Crippen LogP contribution in [-0.2, 0) is 9.59 Å². The van der Waals surface area contributed by atoms with Crippen LogP contribution in [0.2, 0.25) is 0 Å². The van der Waals surface area contributed by atoms with Crippen LogP contribution < -0.4 is 24.2 Å². The molecule has 7 heteroatoms. The normalized spacial score (nSPS) is 10.8. The predicted octanol–water partition coefficient (Wildman–Crippen LogP) is 8.56. The SMILES string of the molecule is C=C(C)C(=O)Oc1ccc2cc(N(c3cc(N(C)C)cc(N(C)C)c3)c3ccc4cc(OC(=O)C(=C)C)ccc4c3)ccc2c1. The summed E-state index contributed by atoms with van der Waals surface area (Å²) >= 11 is 0. The lowest BCUT2D eigenvalue weighted by Gasteiger charge is -2.29. The lowest BCUT2D eigenvalue weighted by molar-refractivity contribution is -0.130. The molecule has 0 amide bonds. The Hall–Kier alpha value is -5.56. The topological polar surface area (TPSA) is 62.3 Å². The highest BCUT2D eigenvalue weighted by Gasteiger charge is 2.18. The molecule has 5 rings (SSSR count). The number of anilines is 5. The molecule has 5 aromatic carbocycles. The molecule has 0 heterocycles. The first-order chi connectivity index (χ1) is 21.4. The minimum Gasteiger partial charge on any atom is -0.423 e. The fourth-order valence-electron chi connectivity index (χ4n) is 4.89. The molecule has 0 N–H and O–H groups in total. The Kier molecular flexibility index (Phi) is 8.64. The van der Waals surface area contributed by atoms with Crippen LogP contribution in [0, 0.1) is 0 Å². The van der Waals surface area contributed by atoms with Crippen LogP contribution in [-0.4, -0.2) is 40.1 Å². The zero-order valence-electron chi connectivity index (χ0n) is 26.5. The Morgan fingerprint density at radius 2 is 0.844 bits per heavy atom. The third kappa shape index (κ3) is 6.83. The maximum absolute atomic E-state index is 12.1. The summed E-state index contributed by atoms with van der Waals surface area (Å²) in [6, 6.07) is 30.1. The Bertz CT molecular complexity index is 1840. The van der Waals surface area contributed by atoms with Gasteiger partial charge in [-0.1, -0.05) is 37.4 Å². The molecule has 0 aromatic heterocycles. The lowest BCUT2D eigenvalue weighted by atomic mass is 10.1. The second kappa shape index (κ2) is 12.6. The van der Waals surface area contributed by atoms with E-state index in [0.29, 0.717) is 22.6 Å². The van der Waals surface area contributed by atoms with Gasteiger partial charge >= 0.3 is 11.9 Å². The van der Waals surface area contributed by atoms with E-state index in [1.807, 2.05) is 64.6 Å². The van der Waals surface area contributed by atoms with E-state index < -0.39 is 11.9 Å². The molecule has 228 valence electrons. The second-order valence-electron chi connectivity index (χ2n) is 11.6. The summed E-state index contributed by atoms with van der Waals surface area (Å²) in [6.07, 6.45) is 0. The van der Waals surface area contributed by atoms with Crippen molar-refractivity contribution in [3.8, 4) is 11.5 Å². The zero-order chi connectivity index (χ0) is 32.4. The molecular formula is C38H37N3O4. The van der Waals surface area contributed by atoms with Gasteiger partial charge in [0.15, 0.2) is 0 Å². The van der Waals surface area contributed by atoms with Gasteiger partial charge in [-0.3, -0.25) is 0 Å². The number of fused-ring (bicyclic) bond motifs is 2. The van der Waals surface area contributed by atoms with Crippen molar-refractivity contribution in [1.29, 1.82) is 0 Å². The Morgan fingerprint density at radius 3 is 1.22 bits per heavy atom. The molecule has 0 aliphatic rings. The summed E-state index contributed by atoms with van der Waals surface area (Å²) in [6.45, 7) is 10.6. The minimum absolute atomic E-state index is 0.345. The molecule has 0 aliphatic heterocycles. The number of hydrogen-bond donors (Lipinski definition) is 0. The van der Waals surface area contributed by atoms with Gasteiger partial charge in [0.25, 0.3) is 0 Å². The van der Waals surface area contributed by atoms with Gasteiger partial charge in [0.1, 0.15) is 11.5 Å². The maximum Gasteiger partial charge on any atom is 0.338 e. The summed E-state index contributed by atoms with van der Waals surface area (Å²) in [5.74, 6) is 0.0357. The monoisotopic (exact) mass is 599 g/mol. The van der Waals surface area contributed by atoms with Crippen LogP contribution in [0.25, 0.3) is 21.5 Å². The van der Waals surface area contributed by atoms with Crippen LogP contribution in [0.15, 0.2) is 115 Å². The van der Waals surface area contributed by atoms with Gasteiger partial charge in [-0.15, -0.1) is 0 Å². The average molecular weight is 600 g/mol. The molecule has 0 fully saturated rings. The number of carbonyl (C=O) groups is 2. The number of rotatable bonds is 9. The molecule has 45 heavy (non-hydrogen) atoms. The Balaban J connectivity index is 1.64. The van der Waals surface area contributed by atoms with E-state index >= 15 is 0 Å². The first-order valence-electron chi connectivity index (χ1n) is 14.5. The summed E-state index contributed by atoms with van der Waals surface area (Å²) in [4.78, 5) is 30.6. The first-order valence-corrected chi connectivity index (χ1v) is 14.5. The number of ether oxygens (including phenoxy) is 2. The smallest absolute Gasteiger partial charge is 0.338 e. The molecule has 0 spiro atoms. The van der Waals surface area contributed by atoms with E-state index in [-0.39, 0.29) is 0 Å². The summed E-state index contributed by atoms with van der Waals surface area (Å²) in [7, 11) is 8.13. The van der Waals surface area contributed by atoms with Crippen molar-refractivity contribution in [2.75, 3.05) is 42.9 Å². The quantitative estimate of drug-likeness (QED) is 0.0956. The number of carbonyl (C=O) groups excluding carboxylic acids is 2. The number of benzene rings is 5. The van der Waals surface area contributed by atoms with E-state index in [2.05, 4.69) is 70.3 Å². The van der Waals surface area contributed by atoms with Crippen molar-refractivity contribution < 1.29 is 19.1 Å². The highest BCUT2D eigenvalue weighted by atomic mass is 16.5. The molecule has 0 bridgehead atoms. The van der Waals surface area contributed by atoms with Crippen LogP contribution in [0.1, 0.15) is 13.8 Å². The van der Waals surface area contributed by atoms with Crippen molar-refractivity contribution in [3.63, 3.8) is 0 Å². The molecule has 0 atom stereocenters. The van der Waals surface area contributed by atoms with Gasteiger partial charge in [-0.25, -0.2) is 9.59 Å². The molecule has 5 aromatic rings. The molecular weight excluding hydrogens is 562 g/mol. The van der Waals surface area contributed by atoms with Crippen molar-refractivity contribution in [2.24, 2.45) is 0 Å². The highest BCUT2D eigenvalue weighted by Crippen LogP contribution is 2.41. The third-order valence-corrected chi connectivity index (χ3v) is 7.40. The molecule has 0 aliphatic carbocycles. The van der Waals surface area contributed by atoms with Crippen LogP contribution in [0.3, 0.4) is 0 Å². The van der Waals surface area contributed by atoms with E-state index in [1.54, 1.807) is 26.0 Å². The fourth-order valence-corrected chi connectivity index (χ4v) is 4.89. The summed E-state index contributed by atoms with van der Waals surface area (Å²) < 4.78 is 10.9. The average Bonchev–Trinajstić information content (AvgIpc) is 3.00. The molecule has 0 saturated heterocycles. The standard InChI is InChI=1S/C38H37N3O4/c1-24(2)37(42)44-35-15-11-26-17-30(13-9-28(26)19-35)41(34-22-32(39(5)6)21-33(23-34)40(7)8)31-14-10-29-20-36(16-12-27(29)18-31)45-38(43)25(3)4/h9-23H,1,3H2,2,4-8H3. The first kappa shape index (κ1) is 30.9. The van der Waals surface area contributed by atoms with E-state index in [0.717, 1.165) is 50.0 Å². The van der Waals surface area contributed by atoms with Gasteiger partial charge in [-0.05, 0) is 102 Å². The largest absolute Gasteiger partial charge is 0.423 e. The van der Waals surface area contributed by atoms with E-state index in [4.69, 9.17) is 9.47 Å². The van der Waals surface area contributed by atoms with Crippen LogP contribution >= 0.6 is 0 Å². The molecule has 0 radical (unpaired) electrons. The van der Waals surface area contributed by atoms with Crippen molar-refractivity contribution in [2.45, 2.75) is 13.8 Å². The van der Waals surface area contributed by atoms with Gasteiger partial charge in [0.2, 0.25) is 0 Å². The van der Waals surface area contributed by atoms with Crippen LogP contribution in [0.5, 0.6) is 11.5 Å². The van der Waals surface area contributed by atoms with E-state index in [9.17, 15) is 9.59 Å². The molecule has 0 saturated carbocycles. The number of esters is 2. The summed E-state index contributed by atoms with van der Waals surface area (Å²) in [5, 5.41) is 3.87.